The molecule has 0 aliphatic carbocycles. The fourth-order valence-electron chi connectivity index (χ4n) is 3.39. The number of anilines is 1. The molecule has 11 heteroatoms. The minimum atomic E-state index is -0.516. The van der Waals surface area contributed by atoms with E-state index >= 15 is 0 Å². The second-order valence-corrected chi connectivity index (χ2v) is 7.21. The largest absolute Gasteiger partial charge is 0.362 e. The zero-order chi connectivity index (χ0) is 23.1. The molecule has 3 rings (SSSR count). The molecule has 1 fully saturated rings. The number of rotatable bonds is 7. The van der Waals surface area contributed by atoms with Crippen LogP contribution in [0.25, 0.3) is 0 Å². The number of pyridine rings is 1. The lowest BCUT2D eigenvalue weighted by Gasteiger charge is -2.35. The maximum Gasteiger partial charge on any atom is 0.293 e. The van der Waals surface area contributed by atoms with Crippen LogP contribution in [0.2, 0.25) is 0 Å². The van der Waals surface area contributed by atoms with Crippen molar-refractivity contribution in [2.24, 2.45) is 0 Å². The van der Waals surface area contributed by atoms with Crippen LogP contribution in [-0.4, -0.2) is 71.8 Å². The van der Waals surface area contributed by atoms with Crippen LogP contribution >= 0.6 is 0 Å². The fraction of sp³-hybridized carbons (Fsp3) is 0.333. The van der Waals surface area contributed by atoms with Gasteiger partial charge in [0.05, 0.1) is 10.5 Å². The Morgan fingerprint density at radius 1 is 1.03 bits per heavy atom. The molecule has 1 aromatic heterocycles. The summed E-state index contributed by atoms with van der Waals surface area (Å²) in [6.07, 6.45) is 3.00. The zero-order valence-corrected chi connectivity index (χ0v) is 17.6. The van der Waals surface area contributed by atoms with Crippen LogP contribution in [-0.2, 0) is 4.79 Å². The third-order valence-electron chi connectivity index (χ3n) is 5.12. The maximum absolute atomic E-state index is 12.4. The number of hydrogen-bond acceptors (Lipinski definition) is 7. The van der Waals surface area contributed by atoms with Gasteiger partial charge >= 0.3 is 0 Å². The highest BCUT2D eigenvalue weighted by molar-refractivity contribution is 5.96. The average molecular weight is 440 g/mol. The Hall–Kier alpha value is -4.02. The molecule has 3 amide bonds. The normalized spacial score (nSPS) is 13.4. The minimum Gasteiger partial charge on any atom is -0.362 e. The van der Waals surface area contributed by atoms with Crippen molar-refractivity contribution in [2.75, 3.05) is 44.2 Å². The van der Waals surface area contributed by atoms with E-state index in [0.717, 1.165) is 0 Å². The molecule has 0 radical (unpaired) electrons. The van der Waals surface area contributed by atoms with Crippen molar-refractivity contribution in [1.82, 2.24) is 20.5 Å². The van der Waals surface area contributed by atoms with Crippen LogP contribution in [0.15, 0.2) is 42.7 Å². The molecule has 0 spiro atoms. The molecule has 2 aromatic rings. The van der Waals surface area contributed by atoms with Gasteiger partial charge in [0, 0.05) is 70.2 Å². The molecule has 1 aliphatic heterocycles. The number of carbonyl (C=O) groups excluding carboxylic acids is 3. The monoisotopic (exact) mass is 440 g/mol. The van der Waals surface area contributed by atoms with Crippen LogP contribution in [0.5, 0.6) is 0 Å². The van der Waals surface area contributed by atoms with E-state index in [9.17, 15) is 24.5 Å². The van der Waals surface area contributed by atoms with Crippen molar-refractivity contribution in [3.05, 3.63) is 64.0 Å². The lowest BCUT2D eigenvalue weighted by atomic mass is 10.1. The van der Waals surface area contributed by atoms with Crippen LogP contribution in [0.1, 0.15) is 27.6 Å². The highest BCUT2D eigenvalue weighted by Crippen LogP contribution is 2.30. The molecule has 0 unspecified atom stereocenters. The van der Waals surface area contributed by atoms with Gasteiger partial charge in [0.25, 0.3) is 17.5 Å². The molecular weight excluding hydrogens is 416 g/mol. The van der Waals surface area contributed by atoms with E-state index in [-0.39, 0.29) is 36.2 Å². The van der Waals surface area contributed by atoms with Gasteiger partial charge < -0.3 is 20.4 Å². The van der Waals surface area contributed by atoms with Gasteiger partial charge in [0.2, 0.25) is 5.91 Å². The summed E-state index contributed by atoms with van der Waals surface area (Å²) in [5, 5.41) is 16.9. The Labute approximate surface area is 184 Å². The molecule has 0 bridgehead atoms. The standard InChI is InChI=1S/C21H24N6O5/c1-15(28)25-9-11-26(12-10-25)18-5-4-16(13-19(18)27(31)32)20(29)23-7-8-24-21(30)17-3-2-6-22-14-17/h2-6,13-14H,7-12H2,1H3,(H,23,29)(H,24,30). The number of nitro groups is 1. The number of piperazine rings is 1. The van der Waals surface area contributed by atoms with Crippen molar-refractivity contribution < 1.29 is 19.3 Å². The molecule has 1 saturated heterocycles. The molecular formula is C21H24N6O5. The summed E-state index contributed by atoms with van der Waals surface area (Å²) in [6.45, 7) is 3.77. The van der Waals surface area contributed by atoms with Crippen molar-refractivity contribution in [3.63, 3.8) is 0 Å². The average Bonchev–Trinajstić information content (AvgIpc) is 2.81. The fourth-order valence-corrected chi connectivity index (χ4v) is 3.39. The molecule has 32 heavy (non-hydrogen) atoms. The smallest absolute Gasteiger partial charge is 0.293 e. The van der Waals surface area contributed by atoms with Gasteiger partial charge in [0.1, 0.15) is 5.69 Å². The Morgan fingerprint density at radius 3 is 2.25 bits per heavy atom. The Kier molecular flexibility index (Phi) is 7.32. The topological polar surface area (TPSA) is 138 Å². The lowest BCUT2D eigenvalue weighted by molar-refractivity contribution is -0.384. The van der Waals surface area contributed by atoms with Gasteiger partial charge in [-0.15, -0.1) is 0 Å². The molecule has 168 valence electrons. The number of amides is 3. The van der Waals surface area contributed by atoms with Crippen LogP contribution in [0.3, 0.4) is 0 Å². The van der Waals surface area contributed by atoms with Gasteiger partial charge in [-0.25, -0.2) is 0 Å². The molecule has 1 aromatic carbocycles. The number of hydrogen-bond donors (Lipinski definition) is 2. The van der Waals surface area contributed by atoms with Gasteiger partial charge in [0.15, 0.2) is 0 Å². The summed E-state index contributed by atoms with van der Waals surface area (Å²) in [6, 6.07) is 7.61. The van der Waals surface area contributed by atoms with Gasteiger partial charge in [-0.1, -0.05) is 0 Å². The van der Waals surface area contributed by atoms with E-state index in [1.54, 1.807) is 29.3 Å². The molecule has 0 atom stereocenters. The van der Waals surface area contributed by atoms with E-state index in [4.69, 9.17) is 0 Å². The molecule has 11 nitrogen and oxygen atoms in total. The van der Waals surface area contributed by atoms with Crippen LogP contribution in [0, 0.1) is 10.1 Å². The number of nitro benzene ring substituents is 1. The quantitative estimate of drug-likeness (QED) is 0.369. The van der Waals surface area contributed by atoms with E-state index in [1.807, 2.05) is 4.90 Å². The van der Waals surface area contributed by atoms with Crippen molar-refractivity contribution in [1.29, 1.82) is 0 Å². The third-order valence-corrected chi connectivity index (χ3v) is 5.12. The highest BCUT2D eigenvalue weighted by Gasteiger charge is 2.25. The summed E-state index contributed by atoms with van der Waals surface area (Å²) in [5.74, 6) is -0.809. The Morgan fingerprint density at radius 2 is 1.69 bits per heavy atom. The highest BCUT2D eigenvalue weighted by atomic mass is 16.6. The zero-order valence-electron chi connectivity index (χ0n) is 17.6. The molecule has 1 aliphatic rings. The summed E-state index contributed by atoms with van der Waals surface area (Å²) in [5.41, 5.74) is 0.813. The SMILES string of the molecule is CC(=O)N1CCN(c2ccc(C(=O)NCCNC(=O)c3cccnc3)cc2[N+](=O)[O-])CC1. The summed E-state index contributed by atoms with van der Waals surface area (Å²) in [4.78, 5) is 54.4. The van der Waals surface area contributed by atoms with Crippen molar-refractivity contribution in [2.45, 2.75) is 6.92 Å². The van der Waals surface area contributed by atoms with Gasteiger partial charge in [-0.3, -0.25) is 29.5 Å². The number of nitrogens with one attached hydrogen (secondary N) is 2. The molecule has 0 saturated carbocycles. The van der Waals surface area contributed by atoms with Crippen molar-refractivity contribution in [3.8, 4) is 0 Å². The summed E-state index contributed by atoms with van der Waals surface area (Å²) in [7, 11) is 0. The molecule has 2 heterocycles. The lowest BCUT2D eigenvalue weighted by Crippen LogP contribution is -2.48. The second-order valence-electron chi connectivity index (χ2n) is 7.21. The third kappa shape index (κ3) is 5.56. The van der Waals surface area contributed by atoms with Gasteiger partial charge in [-0.2, -0.15) is 0 Å². The predicted octanol–water partition coefficient (Wildman–Crippen LogP) is 0.818. The van der Waals surface area contributed by atoms with Crippen LogP contribution < -0.4 is 15.5 Å². The predicted molar refractivity (Wildman–Crippen MR) is 116 cm³/mol. The Bertz CT molecular complexity index is 1000. The van der Waals surface area contributed by atoms with E-state index in [2.05, 4.69) is 15.6 Å². The van der Waals surface area contributed by atoms with Crippen LogP contribution in [0.4, 0.5) is 11.4 Å². The second kappa shape index (κ2) is 10.3. The van der Waals surface area contributed by atoms with Crippen molar-refractivity contribution >= 4 is 29.1 Å². The first kappa shape index (κ1) is 22.7. The van der Waals surface area contributed by atoms with E-state index < -0.39 is 10.8 Å². The number of benzene rings is 1. The van der Waals surface area contributed by atoms with Gasteiger partial charge in [-0.05, 0) is 24.3 Å². The summed E-state index contributed by atoms with van der Waals surface area (Å²) < 4.78 is 0. The first-order valence-electron chi connectivity index (χ1n) is 10.1. The summed E-state index contributed by atoms with van der Waals surface area (Å²) >= 11 is 0. The first-order chi connectivity index (χ1) is 15.4. The maximum atomic E-state index is 12.4. The number of nitrogens with zero attached hydrogens (tertiary/aromatic N) is 4. The minimum absolute atomic E-state index is 0.0252. The van der Waals surface area contributed by atoms with E-state index in [1.165, 1.54) is 25.3 Å². The molecule has 2 N–H and O–H groups in total. The number of aromatic nitrogens is 1. The van der Waals surface area contributed by atoms with E-state index in [0.29, 0.717) is 37.4 Å². The first-order valence-corrected chi connectivity index (χ1v) is 10.1. The number of carbonyl (C=O) groups is 3. The Balaban J connectivity index is 1.57.